The largest absolute Gasteiger partial charge is 0.383 e. The third kappa shape index (κ3) is 3.81. The average molecular weight is 356 g/mol. The molecule has 1 aromatic heterocycles. The zero-order valence-electron chi connectivity index (χ0n) is 16.1. The number of benzene rings is 1. The molecule has 1 unspecified atom stereocenters. The number of carbonyl (C=O) groups excluding carboxylic acids is 1. The van der Waals surface area contributed by atoms with Gasteiger partial charge in [0.1, 0.15) is 0 Å². The van der Waals surface area contributed by atoms with E-state index in [1.54, 1.807) is 7.11 Å². The summed E-state index contributed by atoms with van der Waals surface area (Å²) in [5.41, 5.74) is 5.72. The highest BCUT2D eigenvalue weighted by atomic mass is 16.5. The lowest BCUT2D eigenvalue weighted by atomic mass is 9.95. The molecule has 6 heteroatoms. The Balaban J connectivity index is 1.78. The third-order valence-corrected chi connectivity index (χ3v) is 5.26. The molecule has 0 saturated carbocycles. The number of amides is 1. The fourth-order valence-electron chi connectivity index (χ4n) is 3.56. The number of hydrogen-bond acceptors (Lipinski definition) is 4. The maximum Gasteiger partial charge on any atom is 0.240 e. The number of fused-ring (bicyclic) bond motifs is 1. The molecule has 3 rings (SSSR count). The average Bonchev–Trinajstić information content (AvgIpc) is 2.89. The maximum atomic E-state index is 13.2. The normalized spacial score (nSPS) is 16.4. The van der Waals surface area contributed by atoms with Crippen LogP contribution in [0.3, 0.4) is 0 Å². The van der Waals surface area contributed by atoms with E-state index in [9.17, 15) is 4.79 Å². The summed E-state index contributed by atoms with van der Waals surface area (Å²) in [4.78, 5) is 15.1. The number of ether oxygens (including phenoxy) is 1. The number of hydrogen-bond donors (Lipinski definition) is 1. The van der Waals surface area contributed by atoms with E-state index in [0.717, 1.165) is 29.9 Å². The van der Waals surface area contributed by atoms with Gasteiger partial charge in [0.2, 0.25) is 5.91 Å². The molecule has 0 spiro atoms. The fraction of sp³-hybridized carbons (Fsp3) is 0.500. The Kier molecular flexibility index (Phi) is 5.74. The molecule has 0 bridgehead atoms. The van der Waals surface area contributed by atoms with E-state index in [0.29, 0.717) is 19.7 Å². The van der Waals surface area contributed by atoms with Gasteiger partial charge in [-0.05, 0) is 31.4 Å². The molecule has 0 fully saturated rings. The number of rotatable bonds is 6. The van der Waals surface area contributed by atoms with Crippen molar-refractivity contribution in [2.24, 2.45) is 7.05 Å². The molecular formula is C20H28N4O2. The summed E-state index contributed by atoms with van der Waals surface area (Å²) in [5, 5.41) is 7.88. The Morgan fingerprint density at radius 1 is 1.35 bits per heavy atom. The van der Waals surface area contributed by atoms with Crippen LogP contribution >= 0.6 is 0 Å². The summed E-state index contributed by atoms with van der Waals surface area (Å²) in [5.74, 6) is 0.124. The highest BCUT2D eigenvalue weighted by Gasteiger charge is 2.28. The number of methoxy groups -OCH3 is 1. The number of aromatic nitrogens is 2. The second kappa shape index (κ2) is 8.01. The van der Waals surface area contributed by atoms with Gasteiger partial charge in [0, 0.05) is 45.0 Å². The van der Waals surface area contributed by atoms with E-state index in [1.165, 1.54) is 11.1 Å². The molecule has 2 heterocycles. The van der Waals surface area contributed by atoms with Gasteiger partial charge in [0.05, 0.1) is 18.3 Å². The van der Waals surface area contributed by atoms with Crippen LogP contribution in [0.25, 0.3) is 0 Å². The van der Waals surface area contributed by atoms with Gasteiger partial charge in [0.15, 0.2) is 0 Å². The molecule has 1 aliphatic rings. The number of aryl methyl sites for hydroxylation is 2. The van der Waals surface area contributed by atoms with Gasteiger partial charge in [-0.3, -0.25) is 9.48 Å². The minimum absolute atomic E-state index is 0.124. The van der Waals surface area contributed by atoms with E-state index in [-0.39, 0.29) is 11.9 Å². The summed E-state index contributed by atoms with van der Waals surface area (Å²) >= 11 is 0. The Labute approximate surface area is 155 Å². The van der Waals surface area contributed by atoms with Crippen molar-refractivity contribution in [1.82, 2.24) is 20.0 Å². The van der Waals surface area contributed by atoms with Gasteiger partial charge in [-0.25, -0.2) is 0 Å². The van der Waals surface area contributed by atoms with Crippen LogP contribution in [0.5, 0.6) is 0 Å². The molecule has 1 amide bonds. The summed E-state index contributed by atoms with van der Waals surface area (Å²) in [6, 6.07) is 8.12. The topological polar surface area (TPSA) is 59.4 Å². The lowest BCUT2D eigenvalue weighted by Gasteiger charge is -2.31. The Hall–Kier alpha value is -2.18. The lowest BCUT2D eigenvalue weighted by Crippen LogP contribution is -2.50. The molecule has 2 aromatic rings. The Morgan fingerprint density at radius 2 is 2.08 bits per heavy atom. The molecule has 1 N–H and O–H groups in total. The first-order valence-electron chi connectivity index (χ1n) is 9.08. The van der Waals surface area contributed by atoms with Crippen LogP contribution in [-0.4, -0.2) is 46.9 Å². The molecule has 1 aromatic carbocycles. The minimum atomic E-state index is -0.195. The zero-order valence-corrected chi connectivity index (χ0v) is 16.1. The predicted octanol–water partition coefficient (Wildman–Crippen LogP) is 1.73. The molecule has 6 nitrogen and oxygen atoms in total. The quantitative estimate of drug-likeness (QED) is 0.856. The summed E-state index contributed by atoms with van der Waals surface area (Å²) in [6.07, 6.45) is 0.726. The monoisotopic (exact) mass is 356 g/mol. The molecule has 0 saturated heterocycles. The third-order valence-electron chi connectivity index (χ3n) is 5.26. The molecular weight excluding hydrogens is 328 g/mol. The van der Waals surface area contributed by atoms with Crippen LogP contribution in [0, 0.1) is 13.8 Å². The van der Waals surface area contributed by atoms with Crippen molar-refractivity contribution in [3.8, 4) is 0 Å². The van der Waals surface area contributed by atoms with Crippen molar-refractivity contribution in [2.45, 2.75) is 39.4 Å². The van der Waals surface area contributed by atoms with Gasteiger partial charge in [0.25, 0.3) is 0 Å². The van der Waals surface area contributed by atoms with Crippen molar-refractivity contribution in [3.63, 3.8) is 0 Å². The van der Waals surface area contributed by atoms with Crippen LogP contribution in [0.1, 0.15) is 28.1 Å². The van der Waals surface area contributed by atoms with Gasteiger partial charge >= 0.3 is 0 Å². The maximum absolute atomic E-state index is 13.2. The van der Waals surface area contributed by atoms with Gasteiger partial charge < -0.3 is 15.0 Å². The second-order valence-electron chi connectivity index (χ2n) is 6.93. The summed E-state index contributed by atoms with van der Waals surface area (Å²) in [6.45, 7) is 6.43. The van der Waals surface area contributed by atoms with Crippen molar-refractivity contribution in [2.75, 3.05) is 20.3 Å². The standard InChI is InChI=1S/C20H28N4O2/c1-14-18(15(2)23(3)22-14)13-24(9-10-26-4)20(25)19-11-16-7-5-6-8-17(16)12-21-19/h5-8,19,21H,9-13H2,1-4H3. The first-order chi connectivity index (χ1) is 12.5. The van der Waals surface area contributed by atoms with Crippen LogP contribution in [0.15, 0.2) is 24.3 Å². The molecule has 0 radical (unpaired) electrons. The Bertz CT molecular complexity index is 784. The minimum Gasteiger partial charge on any atom is -0.383 e. The van der Waals surface area contributed by atoms with Gasteiger partial charge in [-0.15, -0.1) is 0 Å². The predicted molar refractivity (Wildman–Crippen MR) is 101 cm³/mol. The van der Waals surface area contributed by atoms with Crippen molar-refractivity contribution >= 4 is 5.91 Å². The first kappa shape index (κ1) is 18.6. The summed E-state index contributed by atoms with van der Waals surface area (Å²) in [7, 11) is 3.60. The van der Waals surface area contributed by atoms with Crippen LogP contribution in [-0.2, 0) is 36.1 Å². The van der Waals surface area contributed by atoms with E-state index in [1.807, 2.05) is 42.6 Å². The smallest absolute Gasteiger partial charge is 0.240 e. The molecule has 1 atom stereocenters. The van der Waals surface area contributed by atoms with Crippen LogP contribution < -0.4 is 5.32 Å². The van der Waals surface area contributed by atoms with Crippen molar-refractivity contribution < 1.29 is 9.53 Å². The first-order valence-corrected chi connectivity index (χ1v) is 9.08. The molecule has 140 valence electrons. The van der Waals surface area contributed by atoms with Crippen molar-refractivity contribution in [3.05, 3.63) is 52.3 Å². The van der Waals surface area contributed by atoms with Crippen LogP contribution in [0.2, 0.25) is 0 Å². The second-order valence-corrected chi connectivity index (χ2v) is 6.93. The van der Waals surface area contributed by atoms with Gasteiger partial charge in [-0.1, -0.05) is 24.3 Å². The van der Waals surface area contributed by atoms with Crippen molar-refractivity contribution in [1.29, 1.82) is 0 Å². The summed E-state index contributed by atoms with van der Waals surface area (Å²) < 4.78 is 7.11. The van der Waals surface area contributed by atoms with E-state index >= 15 is 0 Å². The highest BCUT2D eigenvalue weighted by molar-refractivity contribution is 5.82. The van der Waals surface area contributed by atoms with E-state index in [2.05, 4.69) is 22.5 Å². The number of nitrogens with one attached hydrogen (secondary N) is 1. The Morgan fingerprint density at radius 3 is 2.73 bits per heavy atom. The number of nitrogens with zero attached hydrogens (tertiary/aromatic N) is 3. The molecule has 0 aliphatic carbocycles. The lowest BCUT2D eigenvalue weighted by molar-refractivity contribution is -0.135. The van der Waals surface area contributed by atoms with Crippen LogP contribution in [0.4, 0.5) is 0 Å². The fourth-order valence-corrected chi connectivity index (χ4v) is 3.56. The van der Waals surface area contributed by atoms with E-state index in [4.69, 9.17) is 4.74 Å². The zero-order chi connectivity index (χ0) is 18.7. The van der Waals surface area contributed by atoms with E-state index < -0.39 is 0 Å². The highest BCUT2D eigenvalue weighted by Crippen LogP contribution is 2.20. The molecule has 26 heavy (non-hydrogen) atoms. The SMILES string of the molecule is COCCN(Cc1c(C)nn(C)c1C)C(=O)C1Cc2ccccc2CN1. The number of carbonyl (C=O) groups is 1. The molecule has 1 aliphatic heterocycles. The van der Waals surface area contributed by atoms with Gasteiger partial charge in [-0.2, -0.15) is 5.10 Å².